The van der Waals surface area contributed by atoms with Crippen molar-refractivity contribution in [1.29, 1.82) is 0 Å². The predicted octanol–water partition coefficient (Wildman–Crippen LogP) is 2.34. The Kier molecular flexibility index (Phi) is 6.32. The van der Waals surface area contributed by atoms with Gasteiger partial charge in [0.1, 0.15) is 0 Å². The molecule has 19 heavy (non-hydrogen) atoms. The van der Waals surface area contributed by atoms with Gasteiger partial charge >= 0.3 is 0 Å². The van der Waals surface area contributed by atoms with E-state index in [-0.39, 0.29) is 5.37 Å². The van der Waals surface area contributed by atoms with Crippen LogP contribution in [0.3, 0.4) is 0 Å². The van der Waals surface area contributed by atoms with Gasteiger partial charge in [-0.2, -0.15) is 4.31 Å². The van der Waals surface area contributed by atoms with Crippen LogP contribution in [-0.4, -0.2) is 44.6 Å². The molecule has 0 saturated heterocycles. The van der Waals surface area contributed by atoms with Crippen molar-refractivity contribution in [3.8, 4) is 0 Å². The van der Waals surface area contributed by atoms with Gasteiger partial charge in [-0.25, -0.2) is 8.42 Å². The Bertz CT molecular complexity index is 485. The van der Waals surface area contributed by atoms with Gasteiger partial charge in [0.25, 0.3) is 0 Å². The summed E-state index contributed by atoms with van der Waals surface area (Å²) in [5, 5.41) is -0.124. The molecular weight excluding hydrogens is 282 g/mol. The zero-order valence-electron chi connectivity index (χ0n) is 11.8. The number of hydrogen-bond donors (Lipinski definition) is 0. The maximum Gasteiger partial charge on any atom is 0.244 e. The van der Waals surface area contributed by atoms with Crippen LogP contribution in [0.4, 0.5) is 0 Å². The van der Waals surface area contributed by atoms with Gasteiger partial charge in [0.05, 0.1) is 16.9 Å². The summed E-state index contributed by atoms with van der Waals surface area (Å²) in [7, 11) is -1.90. The fraction of sp³-hybridized carbons (Fsp3) is 0.538. The Hall–Kier alpha value is -0.560. The normalized spacial score (nSPS) is 13.7. The molecule has 0 saturated carbocycles. The Morgan fingerprint density at radius 2 is 1.89 bits per heavy atom. The lowest BCUT2D eigenvalue weighted by molar-refractivity contribution is 0.178. The molecule has 0 aliphatic carbocycles. The van der Waals surface area contributed by atoms with Gasteiger partial charge in [-0.3, -0.25) is 0 Å². The average molecular weight is 303 g/mol. The quantitative estimate of drug-likeness (QED) is 0.725. The molecule has 4 nitrogen and oxygen atoms in total. The van der Waals surface area contributed by atoms with Gasteiger partial charge in [0.2, 0.25) is 10.0 Å². The minimum Gasteiger partial charge on any atom is -0.383 e. The molecule has 1 unspecified atom stereocenters. The first-order valence-electron chi connectivity index (χ1n) is 6.03. The monoisotopic (exact) mass is 303 g/mol. The third-order valence-corrected chi connectivity index (χ3v) is 5.94. The van der Waals surface area contributed by atoms with Crippen LogP contribution in [0.2, 0.25) is 0 Å². The second-order valence-corrected chi connectivity index (χ2v) is 7.30. The van der Waals surface area contributed by atoms with Crippen molar-refractivity contribution in [3.05, 3.63) is 29.8 Å². The van der Waals surface area contributed by atoms with Crippen LogP contribution in [0, 0.1) is 6.92 Å². The van der Waals surface area contributed by atoms with Crippen molar-refractivity contribution in [2.45, 2.75) is 24.1 Å². The Labute approximate surface area is 120 Å². The molecule has 0 aliphatic heterocycles. The van der Waals surface area contributed by atoms with Crippen LogP contribution < -0.4 is 0 Å². The molecule has 0 amide bonds. The Morgan fingerprint density at radius 3 is 2.37 bits per heavy atom. The summed E-state index contributed by atoms with van der Waals surface area (Å²) in [4.78, 5) is 0.329. The van der Waals surface area contributed by atoms with E-state index in [2.05, 4.69) is 0 Å². The maximum absolute atomic E-state index is 12.6. The summed E-state index contributed by atoms with van der Waals surface area (Å²) in [6.45, 7) is 4.56. The highest BCUT2D eigenvalue weighted by Crippen LogP contribution is 2.22. The molecule has 0 fully saturated rings. The first-order chi connectivity index (χ1) is 8.93. The zero-order valence-corrected chi connectivity index (χ0v) is 13.4. The summed E-state index contributed by atoms with van der Waals surface area (Å²) >= 11 is 1.50. The summed E-state index contributed by atoms with van der Waals surface area (Å²) < 4.78 is 31.7. The van der Waals surface area contributed by atoms with Crippen LogP contribution >= 0.6 is 11.8 Å². The number of benzene rings is 1. The number of aryl methyl sites for hydroxylation is 1. The van der Waals surface area contributed by atoms with Crippen LogP contribution in [0.1, 0.15) is 12.5 Å². The van der Waals surface area contributed by atoms with Crippen molar-refractivity contribution in [2.24, 2.45) is 0 Å². The van der Waals surface area contributed by atoms with Gasteiger partial charge in [0.15, 0.2) is 0 Å². The van der Waals surface area contributed by atoms with Gasteiger partial charge in [-0.1, -0.05) is 17.7 Å². The highest BCUT2D eigenvalue weighted by molar-refractivity contribution is 8.00. The molecule has 0 aromatic heterocycles. The summed E-state index contributed by atoms with van der Waals surface area (Å²) in [6.07, 6.45) is 1.90. The first kappa shape index (κ1) is 16.5. The van der Waals surface area contributed by atoms with E-state index in [0.717, 1.165) is 5.56 Å². The lowest BCUT2D eigenvalue weighted by Gasteiger charge is -2.26. The average Bonchev–Trinajstić information content (AvgIpc) is 2.39. The molecule has 1 aromatic carbocycles. The predicted molar refractivity (Wildman–Crippen MR) is 79.9 cm³/mol. The van der Waals surface area contributed by atoms with E-state index in [1.165, 1.54) is 16.1 Å². The highest BCUT2D eigenvalue weighted by atomic mass is 32.2. The van der Waals surface area contributed by atoms with Crippen LogP contribution in [0.15, 0.2) is 29.2 Å². The number of nitrogens with zero attached hydrogens (tertiary/aromatic N) is 1. The molecule has 0 heterocycles. The molecule has 1 atom stereocenters. The van der Waals surface area contributed by atoms with Crippen molar-refractivity contribution >= 4 is 21.8 Å². The van der Waals surface area contributed by atoms with E-state index in [4.69, 9.17) is 4.74 Å². The van der Waals surface area contributed by atoms with Crippen LogP contribution in [-0.2, 0) is 14.8 Å². The molecule has 0 bridgehead atoms. The van der Waals surface area contributed by atoms with Gasteiger partial charge in [-0.15, -0.1) is 11.8 Å². The van der Waals surface area contributed by atoms with E-state index in [9.17, 15) is 8.42 Å². The van der Waals surface area contributed by atoms with E-state index >= 15 is 0 Å². The van der Waals surface area contributed by atoms with Gasteiger partial charge in [-0.05, 0) is 32.2 Å². The Morgan fingerprint density at radius 1 is 1.32 bits per heavy atom. The molecule has 1 aromatic rings. The van der Waals surface area contributed by atoms with Gasteiger partial charge in [0, 0.05) is 13.7 Å². The number of ether oxygens (including phenoxy) is 1. The number of hydrogen-bond acceptors (Lipinski definition) is 4. The second-order valence-electron chi connectivity index (χ2n) is 4.26. The van der Waals surface area contributed by atoms with Crippen molar-refractivity contribution in [2.75, 3.05) is 26.5 Å². The molecule has 0 aliphatic rings. The summed E-state index contributed by atoms with van der Waals surface area (Å²) in [6, 6.07) is 6.92. The third-order valence-electron chi connectivity index (χ3n) is 2.89. The van der Waals surface area contributed by atoms with Crippen molar-refractivity contribution in [3.63, 3.8) is 0 Å². The lowest BCUT2D eigenvalue weighted by atomic mass is 10.2. The van der Waals surface area contributed by atoms with E-state index in [1.54, 1.807) is 19.2 Å². The minimum absolute atomic E-state index is 0.124. The van der Waals surface area contributed by atoms with Gasteiger partial charge < -0.3 is 4.74 Å². The van der Waals surface area contributed by atoms with Crippen molar-refractivity contribution in [1.82, 2.24) is 4.31 Å². The molecule has 1 rings (SSSR count). The maximum atomic E-state index is 12.6. The minimum atomic E-state index is -3.47. The Balaban J connectivity index is 3.07. The molecule has 0 N–H and O–H groups in total. The number of rotatable bonds is 7. The number of sulfonamides is 1. The number of thioether (sulfide) groups is 1. The molecule has 6 heteroatoms. The largest absolute Gasteiger partial charge is 0.383 e. The molecule has 0 radical (unpaired) electrons. The standard InChI is InChI=1S/C13H21NO3S2/c1-11-5-7-13(8-6-11)19(15,16)14(9-10-17-3)12(2)18-4/h5-8,12H,9-10H2,1-4H3. The van der Waals surface area contributed by atoms with Crippen molar-refractivity contribution < 1.29 is 13.2 Å². The van der Waals surface area contributed by atoms with E-state index in [0.29, 0.717) is 18.0 Å². The fourth-order valence-corrected chi connectivity index (χ4v) is 4.04. The van der Waals surface area contributed by atoms with Crippen LogP contribution in [0.5, 0.6) is 0 Å². The van der Waals surface area contributed by atoms with Crippen LogP contribution in [0.25, 0.3) is 0 Å². The summed E-state index contributed by atoms with van der Waals surface area (Å²) in [5.41, 5.74) is 1.04. The topological polar surface area (TPSA) is 46.6 Å². The second kappa shape index (κ2) is 7.28. The SMILES string of the molecule is COCCN(C(C)SC)S(=O)(=O)c1ccc(C)cc1. The smallest absolute Gasteiger partial charge is 0.244 e. The third kappa shape index (κ3) is 4.21. The zero-order chi connectivity index (χ0) is 14.5. The fourth-order valence-electron chi connectivity index (χ4n) is 1.64. The highest BCUT2D eigenvalue weighted by Gasteiger charge is 2.28. The van der Waals surface area contributed by atoms with E-state index < -0.39 is 10.0 Å². The van der Waals surface area contributed by atoms with E-state index in [1.807, 2.05) is 32.2 Å². The molecule has 108 valence electrons. The summed E-state index contributed by atoms with van der Waals surface area (Å²) in [5.74, 6) is 0. The first-order valence-corrected chi connectivity index (χ1v) is 8.76. The molecule has 0 spiro atoms. The lowest BCUT2D eigenvalue weighted by Crippen LogP contribution is -2.39. The number of methoxy groups -OCH3 is 1. The molecular formula is C13H21NO3S2.